The Kier molecular flexibility index (Phi) is 6.51. The number of rotatable bonds is 8. The van der Waals surface area contributed by atoms with Gasteiger partial charge in [0.15, 0.2) is 11.5 Å². The van der Waals surface area contributed by atoms with Gasteiger partial charge in [0, 0.05) is 12.1 Å². The number of amides is 1. The summed E-state index contributed by atoms with van der Waals surface area (Å²) in [5.74, 6) is 2.83. The van der Waals surface area contributed by atoms with E-state index >= 15 is 0 Å². The summed E-state index contributed by atoms with van der Waals surface area (Å²) in [4.78, 5) is 15.4. The topological polar surface area (TPSA) is 48.0 Å². The number of carbonyl (C=O) groups excluding carboxylic acids is 1. The molecular weight excluding hydrogens is 342 g/mol. The van der Waals surface area contributed by atoms with Gasteiger partial charge in [0.1, 0.15) is 0 Å². The second kappa shape index (κ2) is 8.85. The summed E-state index contributed by atoms with van der Waals surface area (Å²) in [5.41, 5.74) is 0.905. The van der Waals surface area contributed by atoms with Crippen LogP contribution >= 0.6 is 0 Å². The van der Waals surface area contributed by atoms with Crippen LogP contribution in [0.4, 0.5) is 0 Å². The standard InChI is InChI=1S/C22H33NO4/c1-5-15-6-8-17(9-7-15)23(18-10-11-18)21(24)14-16-12-19(25-2)22(27-4)20(13-16)26-3/h12-13,15,17-18H,5-11,14H2,1-4H3. The predicted octanol–water partition coefficient (Wildman–Crippen LogP) is 4.21. The van der Waals surface area contributed by atoms with E-state index < -0.39 is 0 Å². The molecule has 2 saturated carbocycles. The number of carbonyl (C=O) groups is 1. The predicted molar refractivity (Wildman–Crippen MR) is 106 cm³/mol. The van der Waals surface area contributed by atoms with Crippen LogP contribution in [0.5, 0.6) is 17.2 Å². The molecule has 2 fully saturated rings. The minimum absolute atomic E-state index is 0.228. The van der Waals surface area contributed by atoms with Gasteiger partial charge in [-0.2, -0.15) is 0 Å². The van der Waals surface area contributed by atoms with Crippen LogP contribution in [0.2, 0.25) is 0 Å². The van der Waals surface area contributed by atoms with E-state index in [1.165, 1.54) is 19.3 Å². The van der Waals surface area contributed by atoms with Gasteiger partial charge in [0.25, 0.3) is 0 Å². The third-order valence-corrected chi connectivity index (χ3v) is 6.10. The number of methoxy groups -OCH3 is 3. The smallest absolute Gasteiger partial charge is 0.227 e. The van der Waals surface area contributed by atoms with E-state index in [1.807, 2.05) is 12.1 Å². The maximum Gasteiger partial charge on any atom is 0.227 e. The molecule has 5 heteroatoms. The molecule has 1 amide bonds. The first kappa shape index (κ1) is 19.8. The summed E-state index contributed by atoms with van der Waals surface area (Å²) < 4.78 is 16.2. The average molecular weight is 376 g/mol. The van der Waals surface area contributed by atoms with Crippen molar-refractivity contribution in [2.75, 3.05) is 21.3 Å². The molecule has 3 rings (SSSR count). The van der Waals surface area contributed by atoms with Crippen LogP contribution in [0.15, 0.2) is 12.1 Å². The fourth-order valence-electron chi connectivity index (χ4n) is 4.39. The lowest BCUT2D eigenvalue weighted by Gasteiger charge is -2.37. The molecule has 2 aliphatic carbocycles. The molecule has 0 bridgehead atoms. The maximum absolute atomic E-state index is 13.2. The van der Waals surface area contributed by atoms with Gasteiger partial charge >= 0.3 is 0 Å². The Bertz CT molecular complexity index is 623. The summed E-state index contributed by atoms with van der Waals surface area (Å²) in [6, 6.07) is 4.63. The zero-order chi connectivity index (χ0) is 19.4. The van der Waals surface area contributed by atoms with E-state index in [2.05, 4.69) is 11.8 Å². The van der Waals surface area contributed by atoms with Gasteiger partial charge in [0.05, 0.1) is 27.8 Å². The first-order valence-corrected chi connectivity index (χ1v) is 10.2. The molecule has 1 aromatic carbocycles. The maximum atomic E-state index is 13.2. The van der Waals surface area contributed by atoms with Crippen molar-refractivity contribution in [3.05, 3.63) is 17.7 Å². The van der Waals surface area contributed by atoms with Gasteiger partial charge in [-0.15, -0.1) is 0 Å². The normalized spacial score (nSPS) is 22.2. The first-order valence-electron chi connectivity index (χ1n) is 10.2. The second-order valence-corrected chi connectivity index (χ2v) is 7.83. The molecule has 0 aromatic heterocycles. The average Bonchev–Trinajstić information content (AvgIpc) is 3.52. The summed E-state index contributed by atoms with van der Waals surface area (Å²) >= 11 is 0. The quantitative estimate of drug-likeness (QED) is 0.683. The zero-order valence-corrected chi connectivity index (χ0v) is 17.1. The van der Waals surface area contributed by atoms with Crippen LogP contribution in [-0.4, -0.2) is 44.2 Å². The second-order valence-electron chi connectivity index (χ2n) is 7.83. The largest absolute Gasteiger partial charge is 0.493 e. The van der Waals surface area contributed by atoms with Crippen molar-refractivity contribution in [3.63, 3.8) is 0 Å². The molecule has 0 aliphatic heterocycles. The van der Waals surface area contributed by atoms with Crippen LogP contribution in [0.25, 0.3) is 0 Å². The molecule has 27 heavy (non-hydrogen) atoms. The van der Waals surface area contributed by atoms with E-state index in [-0.39, 0.29) is 5.91 Å². The van der Waals surface area contributed by atoms with Gasteiger partial charge in [-0.25, -0.2) is 0 Å². The Morgan fingerprint density at radius 2 is 1.44 bits per heavy atom. The minimum atomic E-state index is 0.228. The van der Waals surface area contributed by atoms with E-state index in [1.54, 1.807) is 21.3 Å². The molecule has 0 atom stereocenters. The van der Waals surface area contributed by atoms with E-state index in [0.29, 0.717) is 35.8 Å². The number of nitrogens with zero attached hydrogens (tertiary/aromatic N) is 1. The van der Waals surface area contributed by atoms with Crippen LogP contribution in [0.1, 0.15) is 57.4 Å². The first-order chi connectivity index (χ1) is 13.1. The molecule has 1 aromatic rings. The SMILES string of the molecule is CCC1CCC(N(C(=O)Cc2cc(OC)c(OC)c(OC)c2)C2CC2)CC1. The number of benzene rings is 1. The third kappa shape index (κ3) is 4.50. The van der Waals surface area contributed by atoms with Crippen molar-refractivity contribution in [2.45, 2.75) is 70.4 Å². The molecule has 0 unspecified atom stereocenters. The highest BCUT2D eigenvalue weighted by atomic mass is 16.5. The van der Waals surface area contributed by atoms with E-state index in [0.717, 1.165) is 37.2 Å². The Balaban J connectivity index is 1.74. The number of ether oxygens (including phenoxy) is 3. The fraction of sp³-hybridized carbons (Fsp3) is 0.682. The number of hydrogen-bond donors (Lipinski definition) is 0. The van der Waals surface area contributed by atoms with Crippen molar-refractivity contribution >= 4 is 5.91 Å². The molecule has 0 spiro atoms. The van der Waals surface area contributed by atoms with Crippen LogP contribution in [0.3, 0.4) is 0 Å². The molecular formula is C22H33NO4. The zero-order valence-electron chi connectivity index (χ0n) is 17.1. The van der Waals surface area contributed by atoms with Crippen LogP contribution in [-0.2, 0) is 11.2 Å². The Morgan fingerprint density at radius 1 is 0.926 bits per heavy atom. The van der Waals surface area contributed by atoms with Crippen molar-refractivity contribution in [3.8, 4) is 17.2 Å². The summed E-state index contributed by atoms with van der Waals surface area (Å²) in [6.07, 6.45) is 8.73. The Morgan fingerprint density at radius 3 is 1.85 bits per heavy atom. The Labute approximate surface area is 163 Å². The molecule has 0 saturated heterocycles. The molecule has 2 aliphatic rings. The molecule has 150 valence electrons. The lowest BCUT2D eigenvalue weighted by molar-refractivity contribution is -0.134. The molecule has 0 N–H and O–H groups in total. The highest BCUT2D eigenvalue weighted by Crippen LogP contribution is 2.40. The molecule has 0 radical (unpaired) electrons. The third-order valence-electron chi connectivity index (χ3n) is 6.10. The van der Waals surface area contributed by atoms with E-state index in [4.69, 9.17) is 14.2 Å². The van der Waals surface area contributed by atoms with Gasteiger partial charge in [-0.3, -0.25) is 4.79 Å². The van der Waals surface area contributed by atoms with Gasteiger partial charge in [0.2, 0.25) is 11.7 Å². The van der Waals surface area contributed by atoms with E-state index in [9.17, 15) is 4.79 Å². The van der Waals surface area contributed by atoms with Crippen LogP contribution in [0, 0.1) is 5.92 Å². The van der Waals surface area contributed by atoms with Crippen molar-refractivity contribution in [2.24, 2.45) is 5.92 Å². The summed E-state index contributed by atoms with van der Waals surface area (Å²) in [5, 5.41) is 0. The lowest BCUT2D eigenvalue weighted by Crippen LogP contribution is -2.44. The van der Waals surface area contributed by atoms with Gasteiger partial charge in [-0.1, -0.05) is 13.3 Å². The van der Waals surface area contributed by atoms with Gasteiger partial charge < -0.3 is 19.1 Å². The molecule has 5 nitrogen and oxygen atoms in total. The summed E-state index contributed by atoms with van der Waals surface area (Å²) in [6.45, 7) is 2.28. The highest BCUT2D eigenvalue weighted by Gasteiger charge is 2.38. The minimum Gasteiger partial charge on any atom is -0.493 e. The molecule has 0 heterocycles. The monoisotopic (exact) mass is 375 g/mol. The number of hydrogen-bond acceptors (Lipinski definition) is 4. The van der Waals surface area contributed by atoms with Crippen LogP contribution < -0.4 is 14.2 Å². The van der Waals surface area contributed by atoms with Crippen molar-refractivity contribution in [1.82, 2.24) is 4.90 Å². The summed E-state index contributed by atoms with van der Waals surface area (Å²) in [7, 11) is 4.80. The van der Waals surface area contributed by atoms with Gasteiger partial charge in [-0.05, 0) is 62.1 Å². The van der Waals surface area contributed by atoms with Crippen molar-refractivity contribution in [1.29, 1.82) is 0 Å². The highest BCUT2D eigenvalue weighted by molar-refractivity contribution is 5.80. The fourth-order valence-corrected chi connectivity index (χ4v) is 4.39. The van der Waals surface area contributed by atoms with Crippen molar-refractivity contribution < 1.29 is 19.0 Å². The Hall–Kier alpha value is -1.91. The lowest BCUT2D eigenvalue weighted by atomic mass is 9.83.